The Kier molecular flexibility index (Phi) is 10.0. The molecular weight excluding hydrogens is 785 g/mol. The number of aromatic nitrogens is 4. The van der Waals surface area contributed by atoms with Crippen LogP contribution >= 0.6 is 0 Å². The van der Waals surface area contributed by atoms with Crippen LogP contribution in [0.4, 0.5) is 0 Å². The first-order valence-corrected chi connectivity index (χ1v) is 21.7. The topological polar surface area (TPSA) is 75.8 Å². The summed E-state index contributed by atoms with van der Waals surface area (Å²) < 4.78 is 12.2. The largest absolute Gasteiger partial charge is 0.354 e. The van der Waals surface area contributed by atoms with E-state index < -0.39 is 0 Å². The molecule has 3 aromatic heterocycles. The fraction of sp³-hybridized carbons (Fsp3) is 0.103. The van der Waals surface area contributed by atoms with Gasteiger partial charge in [-0.05, 0) is 76.9 Å². The minimum Gasteiger partial charge on any atom is -0.354 e. The first-order chi connectivity index (χ1) is 31.4. The summed E-state index contributed by atoms with van der Waals surface area (Å²) in [4.78, 5) is 18.7. The molecule has 0 unspecified atom stereocenters. The Balaban J connectivity index is 1.23. The van der Waals surface area contributed by atoms with Gasteiger partial charge in [-0.15, -0.1) is 0 Å². The summed E-state index contributed by atoms with van der Waals surface area (Å²) in [5.74, 6) is 7.13. The number of benzene rings is 5. The third kappa shape index (κ3) is 7.58. The smallest absolute Gasteiger partial charge is 0.183 e. The van der Waals surface area contributed by atoms with Gasteiger partial charge in [0, 0.05) is 55.3 Å². The first-order valence-electron chi connectivity index (χ1n) is 21.7. The molecule has 0 radical (unpaired) electrons. The van der Waals surface area contributed by atoms with E-state index in [1.807, 2.05) is 36.4 Å². The van der Waals surface area contributed by atoms with Crippen LogP contribution in [0.5, 0.6) is 0 Å². The molecule has 1 saturated heterocycles. The van der Waals surface area contributed by atoms with Crippen LogP contribution in [0.2, 0.25) is 0 Å². The van der Waals surface area contributed by atoms with Gasteiger partial charge in [0.15, 0.2) is 6.29 Å². The van der Waals surface area contributed by atoms with Crippen LogP contribution in [0.25, 0.3) is 90.9 Å². The van der Waals surface area contributed by atoms with Crippen LogP contribution < -0.4 is 0 Å². The number of nitrogens with zero attached hydrogens (tertiary/aromatic N) is 2. The number of rotatable bonds is 5. The molecule has 0 atom stereocenters. The zero-order chi connectivity index (χ0) is 43.0. The van der Waals surface area contributed by atoms with E-state index in [-0.39, 0.29) is 11.7 Å². The Labute approximate surface area is 372 Å². The molecular formula is C58H44N4O2. The maximum atomic E-state index is 6.09. The predicted molar refractivity (Wildman–Crippen MR) is 261 cm³/mol. The predicted octanol–water partition coefficient (Wildman–Crippen LogP) is 13.8. The van der Waals surface area contributed by atoms with Crippen molar-refractivity contribution in [2.45, 2.75) is 20.1 Å². The second-order valence-corrected chi connectivity index (χ2v) is 17.1. The number of hydrogen-bond donors (Lipinski definition) is 2. The lowest BCUT2D eigenvalue weighted by Crippen LogP contribution is -2.33. The molecule has 0 aliphatic carbocycles. The monoisotopic (exact) mass is 828 g/mol. The van der Waals surface area contributed by atoms with E-state index in [1.54, 1.807) is 0 Å². The highest BCUT2D eigenvalue weighted by Crippen LogP contribution is 2.39. The third-order valence-corrected chi connectivity index (χ3v) is 11.9. The van der Waals surface area contributed by atoms with Crippen LogP contribution in [-0.4, -0.2) is 33.1 Å². The zero-order valence-corrected chi connectivity index (χ0v) is 35.6. The van der Waals surface area contributed by atoms with Crippen molar-refractivity contribution in [3.8, 4) is 56.3 Å². The number of hydrogen-bond acceptors (Lipinski definition) is 4. The summed E-state index contributed by atoms with van der Waals surface area (Å²) in [6, 6.07) is 56.6. The fourth-order valence-corrected chi connectivity index (χ4v) is 8.76. The Morgan fingerprint density at radius 1 is 0.469 bits per heavy atom. The zero-order valence-electron chi connectivity index (χ0n) is 35.6. The van der Waals surface area contributed by atoms with Gasteiger partial charge < -0.3 is 19.4 Å². The lowest BCUT2D eigenvalue weighted by atomic mass is 9.95. The number of H-pyrrole nitrogens is 2. The molecule has 6 heterocycles. The van der Waals surface area contributed by atoms with Gasteiger partial charge in [-0.1, -0.05) is 159 Å². The lowest BCUT2D eigenvalue weighted by Gasteiger charge is -2.34. The van der Waals surface area contributed by atoms with Crippen molar-refractivity contribution in [1.82, 2.24) is 19.9 Å². The van der Waals surface area contributed by atoms with Gasteiger partial charge >= 0.3 is 0 Å². The molecule has 3 aliphatic heterocycles. The Morgan fingerprint density at radius 2 is 0.891 bits per heavy atom. The van der Waals surface area contributed by atoms with Gasteiger partial charge in [-0.2, -0.15) is 0 Å². The molecule has 308 valence electrons. The molecule has 0 saturated carbocycles. The quantitative estimate of drug-likeness (QED) is 0.169. The second-order valence-electron chi connectivity index (χ2n) is 17.1. The maximum absolute atomic E-state index is 6.09. The van der Waals surface area contributed by atoms with Crippen molar-refractivity contribution in [1.29, 1.82) is 0 Å². The number of aromatic amines is 2. The molecule has 8 bridgehead atoms. The molecule has 6 nitrogen and oxygen atoms in total. The normalized spacial score (nSPS) is 14.3. The average Bonchev–Trinajstić information content (AvgIpc) is 4.18. The van der Waals surface area contributed by atoms with Crippen LogP contribution in [0.1, 0.15) is 59.6 Å². The SMILES string of the molecule is CC1(C)COC(c2ccc(C#Cc3cc4[nH]c3c(-c3ccccc3)c3nc(c(-c5ccccc5)c5ccc([nH]5)c(-c5ccccc5)c5nc(c4-c4ccccc4)C=C5)C=C3)cc2)OC1. The second kappa shape index (κ2) is 16.5. The standard InChI is InChI=1S/C58H44N4O2/c1-58(2)36-63-57(64-37-58)43-26-23-38(24-27-43)25-28-44-35-51-54(41-19-11-5-12-20-41)49-32-31-47(60-49)52(39-15-7-3-8-16-39)45-29-30-46(59-45)53(40-17-9-4-10-18-40)48-33-34-50(61-48)55(56(44)62-51)42-21-13-6-14-22-42/h3-24,26-27,29-35,57,59,62H,36-37H2,1-2H3. The van der Waals surface area contributed by atoms with Crippen molar-refractivity contribution in [3.05, 3.63) is 203 Å². The third-order valence-electron chi connectivity index (χ3n) is 11.9. The summed E-state index contributed by atoms with van der Waals surface area (Å²) in [6.07, 6.45) is 8.13. The number of nitrogens with one attached hydrogen (secondary N) is 2. The highest BCUT2D eigenvalue weighted by atomic mass is 16.7. The molecule has 6 heteroatoms. The van der Waals surface area contributed by atoms with Gasteiger partial charge in [-0.25, -0.2) is 9.97 Å². The van der Waals surface area contributed by atoms with E-state index >= 15 is 0 Å². The lowest BCUT2D eigenvalue weighted by molar-refractivity contribution is -0.226. The van der Waals surface area contributed by atoms with Gasteiger partial charge in [0.1, 0.15) is 0 Å². The molecule has 5 aromatic carbocycles. The van der Waals surface area contributed by atoms with Crippen molar-refractivity contribution in [2.75, 3.05) is 13.2 Å². The summed E-state index contributed by atoms with van der Waals surface area (Å²) in [7, 11) is 0. The van der Waals surface area contributed by atoms with E-state index in [2.05, 4.69) is 187 Å². The van der Waals surface area contributed by atoms with Crippen LogP contribution in [-0.2, 0) is 9.47 Å². The van der Waals surface area contributed by atoms with Gasteiger partial charge in [0.25, 0.3) is 0 Å². The molecule has 1 fully saturated rings. The highest BCUT2D eigenvalue weighted by Gasteiger charge is 2.29. The van der Waals surface area contributed by atoms with E-state index in [0.717, 1.165) is 106 Å². The fourth-order valence-electron chi connectivity index (χ4n) is 8.76. The Morgan fingerprint density at radius 3 is 1.36 bits per heavy atom. The molecule has 2 N–H and O–H groups in total. The van der Waals surface area contributed by atoms with E-state index in [0.29, 0.717) is 13.2 Å². The maximum Gasteiger partial charge on any atom is 0.183 e. The Bertz CT molecular complexity index is 3330. The molecule has 11 rings (SSSR count). The van der Waals surface area contributed by atoms with Crippen LogP contribution in [0, 0.1) is 17.3 Å². The minimum absolute atomic E-state index is 0.00384. The van der Waals surface area contributed by atoms with Crippen LogP contribution in [0.3, 0.4) is 0 Å². The molecule has 8 aromatic rings. The Hall–Kier alpha value is -7.82. The summed E-state index contributed by atoms with van der Waals surface area (Å²) in [5.41, 5.74) is 17.9. The van der Waals surface area contributed by atoms with E-state index in [1.165, 1.54) is 0 Å². The summed E-state index contributed by atoms with van der Waals surface area (Å²) in [5, 5.41) is 0. The highest BCUT2D eigenvalue weighted by molar-refractivity contribution is 6.01. The van der Waals surface area contributed by atoms with Crippen molar-refractivity contribution in [2.24, 2.45) is 5.41 Å². The summed E-state index contributed by atoms with van der Waals surface area (Å²) >= 11 is 0. The van der Waals surface area contributed by atoms with Gasteiger partial charge in [-0.3, -0.25) is 0 Å². The van der Waals surface area contributed by atoms with Gasteiger partial charge in [0.05, 0.1) is 47.1 Å². The number of fused-ring (bicyclic) bond motifs is 8. The summed E-state index contributed by atoms with van der Waals surface area (Å²) in [6.45, 7) is 5.60. The van der Waals surface area contributed by atoms with Crippen molar-refractivity contribution < 1.29 is 9.47 Å². The van der Waals surface area contributed by atoms with Crippen molar-refractivity contribution in [3.63, 3.8) is 0 Å². The van der Waals surface area contributed by atoms with Crippen LogP contribution in [0.15, 0.2) is 164 Å². The van der Waals surface area contributed by atoms with Crippen molar-refractivity contribution >= 4 is 46.4 Å². The van der Waals surface area contributed by atoms with E-state index in [9.17, 15) is 0 Å². The molecule has 0 amide bonds. The van der Waals surface area contributed by atoms with E-state index in [4.69, 9.17) is 19.4 Å². The number of ether oxygens (including phenoxy) is 2. The molecule has 3 aliphatic rings. The molecule has 0 spiro atoms. The van der Waals surface area contributed by atoms with Gasteiger partial charge in [0.2, 0.25) is 0 Å². The minimum atomic E-state index is -0.388. The molecule has 64 heavy (non-hydrogen) atoms. The average molecular weight is 829 g/mol. The first kappa shape index (κ1) is 39.1.